The van der Waals surface area contributed by atoms with Crippen LogP contribution in [0.5, 0.6) is 0 Å². The molecule has 14 heavy (non-hydrogen) atoms. The summed E-state index contributed by atoms with van der Waals surface area (Å²) in [5, 5.41) is 3.29. The number of nitrogens with one attached hydrogen (secondary N) is 1. The van der Waals surface area contributed by atoms with Crippen LogP contribution in [0.15, 0.2) is 29.2 Å². The van der Waals surface area contributed by atoms with Gasteiger partial charge >= 0.3 is 0 Å². The lowest BCUT2D eigenvalue weighted by atomic mass is 10.3. The number of nitrogens with zero attached hydrogens (tertiary/aromatic N) is 2. The predicted octanol–water partition coefficient (Wildman–Crippen LogP) is 0.296. The summed E-state index contributed by atoms with van der Waals surface area (Å²) in [5.41, 5.74) is 6.53. The molecular weight excluding hydrogens is 176 g/mol. The molecule has 1 saturated heterocycles. The molecule has 0 radical (unpaired) electrons. The first-order valence-corrected chi connectivity index (χ1v) is 4.83. The second kappa shape index (κ2) is 5.44. The van der Waals surface area contributed by atoms with Gasteiger partial charge in [-0.05, 0) is 6.92 Å². The van der Waals surface area contributed by atoms with Gasteiger partial charge in [-0.15, -0.1) is 0 Å². The summed E-state index contributed by atoms with van der Waals surface area (Å²) < 4.78 is 0. The van der Waals surface area contributed by atoms with Gasteiger partial charge in [0.15, 0.2) is 0 Å². The van der Waals surface area contributed by atoms with E-state index in [0.717, 1.165) is 37.7 Å². The first-order chi connectivity index (χ1) is 6.75. The van der Waals surface area contributed by atoms with Gasteiger partial charge in [-0.2, -0.15) is 0 Å². The first-order valence-electron chi connectivity index (χ1n) is 4.83. The molecule has 0 bridgehead atoms. The predicted molar refractivity (Wildman–Crippen MR) is 60.0 cm³/mol. The third-order valence-electron chi connectivity index (χ3n) is 2.07. The third-order valence-corrected chi connectivity index (χ3v) is 2.07. The molecule has 0 unspecified atom stereocenters. The standard InChI is InChI=1S/C10H18N4/c1-3-4-13-10(9(2)11)14-7-5-12-6-8-14/h3-4,12H,1,5-8,11H2,2H3/b10-9-,13-4?. The highest BCUT2D eigenvalue weighted by Crippen LogP contribution is 2.09. The van der Waals surface area contributed by atoms with Crippen molar-refractivity contribution in [3.8, 4) is 0 Å². The van der Waals surface area contributed by atoms with Crippen LogP contribution in [0.3, 0.4) is 0 Å². The molecule has 0 aromatic rings. The zero-order valence-electron chi connectivity index (χ0n) is 8.66. The van der Waals surface area contributed by atoms with Gasteiger partial charge in [0.25, 0.3) is 0 Å². The fraction of sp³-hybridized carbons (Fsp3) is 0.500. The molecule has 3 N–H and O–H groups in total. The molecule has 1 fully saturated rings. The van der Waals surface area contributed by atoms with E-state index in [0.29, 0.717) is 0 Å². The Morgan fingerprint density at radius 1 is 1.50 bits per heavy atom. The zero-order valence-corrected chi connectivity index (χ0v) is 8.66. The number of nitrogens with two attached hydrogens (primary N) is 1. The van der Waals surface area contributed by atoms with E-state index >= 15 is 0 Å². The highest BCUT2D eigenvalue weighted by molar-refractivity contribution is 5.71. The van der Waals surface area contributed by atoms with Crippen molar-refractivity contribution in [3.63, 3.8) is 0 Å². The van der Waals surface area contributed by atoms with E-state index in [1.807, 2.05) is 6.92 Å². The quantitative estimate of drug-likeness (QED) is 0.635. The molecule has 1 heterocycles. The van der Waals surface area contributed by atoms with E-state index in [9.17, 15) is 0 Å². The number of hydrogen-bond donors (Lipinski definition) is 2. The minimum Gasteiger partial charge on any atom is -0.399 e. The van der Waals surface area contributed by atoms with Crippen molar-refractivity contribution in [2.45, 2.75) is 6.92 Å². The second-order valence-corrected chi connectivity index (χ2v) is 3.26. The van der Waals surface area contributed by atoms with Gasteiger partial charge in [0, 0.05) is 38.1 Å². The Hall–Kier alpha value is -1.29. The molecule has 0 aromatic heterocycles. The highest BCUT2D eigenvalue weighted by Gasteiger charge is 2.12. The molecule has 0 aromatic carbocycles. The van der Waals surface area contributed by atoms with E-state index in [-0.39, 0.29) is 0 Å². The number of hydrogen-bond acceptors (Lipinski definition) is 4. The Morgan fingerprint density at radius 3 is 2.64 bits per heavy atom. The molecule has 1 rings (SSSR count). The van der Waals surface area contributed by atoms with E-state index in [4.69, 9.17) is 5.73 Å². The fourth-order valence-electron chi connectivity index (χ4n) is 1.43. The van der Waals surface area contributed by atoms with Crippen molar-refractivity contribution in [3.05, 3.63) is 24.2 Å². The Kier molecular flexibility index (Phi) is 4.19. The fourth-order valence-corrected chi connectivity index (χ4v) is 1.43. The zero-order chi connectivity index (χ0) is 10.4. The summed E-state index contributed by atoms with van der Waals surface area (Å²) in [7, 11) is 0. The normalized spacial score (nSPS) is 19.6. The maximum absolute atomic E-state index is 5.78. The molecule has 0 aliphatic carbocycles. The number of aliphatic imine (C=N–C) groups is 1. The minimum absolute atomic E-state index is 0.755. The molecular formula is C10H18N4. The summed E-state index contributed by atoms with van der Waals surface area (Å²) in [6.45, 7) is 9.35. The van der Waals surface area contributed by atoms with Crippen LogP contribution in [0, 0.1) is 0 Å². The van der Waals surface area contributed by atoms with Crippen LogP contribution < -0.4 is 11.1 Å². The van der Waals surface area contributed by atoms with Crippen molar-refractivity contribution in [2.75, 3.05) is 26.2 Å². The smallest absolute Gasteiger partial charge is 0.147 e. The largest absolute Gasteiger partial charge is 0.399 e. The SMILES string of the molecule is C=CC=N/C(=C(\C)N)N1CCNCC1. The number of allylic oxidation sites excluding steroid dienone is 2. The van der Waals surface area contributed by atoms with Crippen molar-refractivity contribution in [2.24, 2.45) is 10.7 Å². The van der Waals surface area contributed by atoms with E-state index in [1.165, 1.54) is 0 Å². The Balaban J connectivity index is 2.71. The van der Waals surface area contributed by atoms with Gasteiger partial charge in [-0.25, -0.2) is 4.99 Å². The van der Waals surface area contributed by atoms with Gasteiger partial charge in [-0.1, -0.05) is 12.7 Å². The first kappa shape index (κ1) is 10.8. The van der Waals surface area contributed by atoms with Crippen LogP contribution in [0.1, 0.15) is 6.92 Å². The second-order valence-electron chi connectivity index (χ2n) is 3.26. The number of rotatable bonds is 3. The maximum atomic E-state index is 5.78. The maximum Gasteiger partial charge on any atom is 0.147 e. The van der Waals surface area contributed by atoms with Gasteiger partial charge in [-0.3, -0.25) is 0 Å². The molecule has 4 nitrogen and oxygen atoms in total. The van der Waals surface area contributed by atoms with Crippen LogP contribution in [0.4, 0.5) is 0 Å². The van der Waals surface area contributed by atoms with Gasteiger partial charge < -0.3 is 16.0 Å². The van der Waals surface area contributed by atoms with E-state index in [1.54, 1.807) is 12.3 Å². The minimum atomic E-state index is 0.755. The van der Waals surface area contributed by atoms with Crippen LogP contribution in [-0.2, 0) is 0 Å². The van der Waals surface area contributed by atoms with Crippen LogP contribution in [0.2, 0.25) is 0 Å². The molecule has 0 spiro atoms. The highest BCUT2D eigenvalue weighted by atomic mass is 15.3. The summed E-state index contributed by atoms with van der Waals surface area (Å²) in [4.78, 5) is 6.46. The molecule has 0 saturated carbocycles. The average molecular weight is 194 g/mol. The Bertz CT molecular complexity index is 245. The summed E-state index contributed by atoms with van der Waals surface area (Å²) in [6.07, 6.45) is 3.33. The van der Waals surface area contributed by atoms with Crippen LogP contribution >= 0.6 is 0 Å². The third kappa shape index (κ3) is 2.88. The van der Waals surface area contributed by atoms with Crippen molar-refractivity contribution in [1.29, 1.82) is 0 Å². The number of piperazine rings is 1. The Morgan fingerprint density at radius 2 is 2.14 bits per heavy atom. The van der Waals surface area contributed by atoms with Crippen LogP contribution in [0.25, 0.3) is 0 Å². The summed E-state index contributed by atoms with van der Waals surface area (Å²) in [6, 6.07) is 0. The van der Waals surface area contributed by atoms with Gasteiger partial charge in [0.1, 0.15) is 5.82 Å². The molecule has 78 valence electrons. The Labute approximate surface area is 85.2 Å². The van der Waals surface area contributed by atoms with Crippen molar-refractivity contribution >= 4 is 6.21 Å². The van der Waals surface area contributed by atoms with Gasteiger partial charge in [0.2, 0.25) is 0 Å². The monoisotopic (exact) mass is 194 g/mol. The van der Waals surface area contributed by atoms with E-state index in [2.05, 4.69) is 21.8 Å². The summed E-state index contributed by atoms with van der Waals surface area (Å²) in [5.74, 6) is 0.867. The van der Waals surface area contributed by atoms with Crippen LogP contribution in [-0.4, -0.2) is 37.3 Å². The van der Waals surface area contributed by atoms with Crippen molar-refractivity contribution < 1.29 is 0 Å². The van der Waals surface area contributed by atoms with E-state index < -0.39 is 0 Å². The molecule has 4 heteroatoms. The topological polar surface area (TPSA) is 53.6 Å². The van der Waals surface area contributed by atoms with Gasteiger partial charge in [0.05, 0.1) is 0 Å². The molecule has 1 aliphatic heterocycles. The average Bonchev–Trinajstić information content (AvgIpc) is 2.19. The molecule has 1 aliphatic rings. The van der Waals surface area contributed by atoms with Crippen molar-refractivity contribution in [1.82, 2.24) is 10.2 Å². The molecule has 0 amide bonds. The molecule has 0 atom stereocenters. The lowest BCUT2D eigenvalue weighted by Gasteiger charge is -2.29. The lowest BCUT2D eigenvalue weighted by molar-refractivity contribution is 0.294. The lowest BCUT2D eigenvalue weighted by Crippen LogP contribution is -2.43. The summed E-state index contributed by atoms with van der Waals surface area (Å²) >= 11 is 0.